The van der Waals surface area contributed by atoms with Gasteiger partial charge in [0.25, 0.3) is 0 Å². The van der Waals surface area contributed by atoms with Crippen molar-refractivity contribution in [3.05, 3.63) is 11.4 Å². The molecule has 0 spiro atoms. The third-order valence-corrected chi connectivity index (χ3v) is 5.31. The molecule has 0 N–H and O–H groups in total. The molecule has 0 aromatic rings. The molecule has 4 heteroatoms. The molecule has 0 atom stereocenters. The van der Waals surface area contributed by atoms with Gasteiger partial charge in [0.1, 0.15) is 6.17 Å². The molecular weight excluding hydrogens is 260 g/mol. The molecule has 18 heavy (non-hydrogen) atoms. The lowest BCUT2D eigenvalue weighted by molar-refractivity contribution is 0.344. The molecule has 0 aliphatic carbocycles. The maximum absolute atomic E-state index is 2.51. The average molecular weight is 289 g/mol. The van der Waals surface area contributed by atoms with Crippen molar-refractivity contribution in [3.63, 3.8) is 0 Å². The van der Waals surface area contributed by atoms with Gasteiger partial charge in [-0.3, -0.25) is 8.61 Å². The SMILES string of the molecule is CCCCC1=C(CCCC)N(SC)C(C)N1SC. The van der Waals surface area contributed by atoms with Crippen LogP contribution in [0, 0.1) is 0 Å². The van der Waals surface area contributed by atoms with Gasteiger partial charge >= 0.3 is 0 Å². The first-order chi connectivity index (χ1) is 8.71. The Hall–Kier alpha value is 0.0400. The number of hydrogen-bond acceptors (Lipinski definition) is 4. The Morgan fingerprint density at radius 1 is 0.889 bits per heavy atom. The van der Waals surface area contributed by atoms with E-state index in [2.05, 4.69) is 41.9 Å². The molecule has 1 heterocycles. The van der Waals surface area contributed by atoms with E-state index < -0.39 is 0 Å². The van der Waals surface area contributed by atoms with Crippen LogP contribution in [0.4, 0.5) is 0 Å². The molecule has 0 unspecified atom stereocenters. The molecular formula is C14H28N2S2. The number of nitrogens with zero attached hydrogens (tertiary/aromatic N) is 2. The molecule has 1 aliphatic heterocycles. The van der Waals surface area contributed by atoms with E-state index in [0.717, 1.165) is 0 Å². The van der Waals surface area contributed by atoms with Gasteiger partial charge in [-0.05, 0) is 32.6 Å². The summed E-state index contributed by atoms with van der Waals surface area (Å²) in [5.41, 5.74) is 3.17. The Labute approximate surface area is 122 Å². The second-order valence-electron chi connectivity index (χ2n) is 4.75. The van der Waals surface area contributed by atoms with E-state index in [9.17, 15) is 0 Å². The molecule has 106 valence electrons. The molecule has 0 amide bonds. The molecule has 0 fully saturated rings. The molecule has 1 aliphatic rings. The zero-order valence-corrected chi connectivity index (χ0v) is 14.2. The zero-order valence-electron chi connectivity index (χ0n) is 12.5. The first kappa shape index (κ1) is 16.1. The summed E-state index contributed by atoms with van der Waals surface area (Å²) in [6.07, 6.45) is 12.5. The van der Waals surface area contributed by atoms with Crippen molar-refractivity contribution < 1.29 is 0 Å². The highest BCUT2D eigenvalue weighted by Gasteiger charge is 2.33. The van der Waals surface area contributed by atoms with Crippen molar-refractivity contribution in [1.29, 1.82) is 0 Å². The number of unbranched alkanes of at least 4 members (excludes halogenated alkanes) is 2. The average Bonchev–Trinajstić information content (AvgIpc) is 2.64. The van der Waals surface area contributed by atoms with Gasteiger partial charge in [0, 0.05) is 23.9 Å². The van der Waals surface area contributed by atoms with Crippen LogP contribution in [0.5, 0.6) is 0 Å². The van der Waals surface area contributed by atoms with Crippen molar-refractivity contribution in [2.45, 2.75) is 65.5 Å². The van der Waals surface area contributed by atoms with E-state index in [0.29, 0.717) is 6.17 Å². The number of hydrogen-bond donors (Lipinski definition) is 0. The van der Waals surface area contributed by atoms with E-state index >= 15 is 0 Å². The third-order valence-electron chi connectivity index (χ3n) is 3.47. The normalized spacial score (nSPS) is 17.2. The molecule has 0 saturated carbocycles. The molecule has 0 saturated heterocycles. The minimum absolute atomic E-state index is 0.494. The summed E-state index contributed by atoms with van der Waals surface area (Å²) >= 11 is 3.75. The number of allylic oxidation sites excluding steroid dienone is 2. The summed E-state index contributed by atoms with van der Waals surface area (Å²) in [4.78, 5) is 0. The summed E-state index contributed by atoms with van der Waals surface area (Å²) in [5, 5.41) is 0. The van der Waals surface area contributed by atoms with Crippen LogP contribution in [0.1, 0.15) is 59.3 Å². The fourth-order valence-corrected chi connectivity index (χ4v) is 4.22. The van der Waals surface area contributed by atoms with Crippen LogP contribution in [0.15, 0.2) is 11.4 Å². The lowest BCUT2D eigenvalue weighted by atomic mass is 10.1. The molecule has 0 aromatic carbocycles. The van der Waals surface area contributed by atoms with Gasteiger partial charge in [0.2, 0.25) is 0 Å². The van der Waals surface area contributed by atoms with E-state index in [1.165, 1.54) is 38.5 Å². The predicted molar refractivity (Wildman–Crippen MR) is 86.2 cm³/mol. The second kappa shape index (κ2) is 8.26. The van der Waals surface area contributed by atoms with Gasteiger partial charge in [-0.15, -0.1) is 0 Å². The van der Waals surface area contributed by atoms with Crippen LogP contribution < -0.4 is 0 Å². The maximum atomic E-state index is 2.51. The summed E-state index contributed by atoms with van der Waals surface area (Å²) in [6.45, 7) is 6.87. The summed E-state index contributed by atoms with van der Waals surface area (Å²) in [7, 11) is 0. The highest BCUT2D eigenvalue weighted by atomic mass is 32.2. The van der Waals surface area contributed by atoms with Gasteiger partial charge < -0.3 is 0 Å². The van der Waals surface area contributed by atoms with Gasteiger partial charge in [0.15, 0.2) is 0 Å². The smallest absolute Gasteiger partial charge is 0.119 e. The Morgan fingerprint density at radius 2 is 1.28 bits per heavy atom. The summed E-state index contributed by atoms with van der Waals surface area (Å²) < 4.78 is 5.02. The molecule has 1 rings (SSSR count). The summed E-state index contributed by atoms with van der Waals surface area (Å²) in [5.74, 6) is 0. The minimum Gasteiger partial charge on any atom is -0.296 e. The quantitative estimate of drug-likeness (QED) is 0.573. The standard InChI is InChI=1S/C14H28N2S2/c1-6-8-10-13-14(11-9-7-2)16(18-5)12(3)15(13)17-4/h12H,6-11H2,1-5H3. The van der Waals surface area contributed by atoms with Gasteiger partial charge in [-0.1, -0.05) is 50.6 Å². The first-order valence-electron chi connectivity index (χ1n) is 7.09. The Morgan fingerprint density at radius 3 is 1.56 bits per heavy atom. The van der Waals surface area contributed by atoms with Crippen LogP contribution in [-0.2, 0) is 0 Å². The van der Waals surface area contributed by atoms with Crippen LogP contribution in [-0.4, -0.2) is 27.3 Å². The van der Waals surface area contributed by atoms with E-state index in [1.807, 2.05) is 23.9 Å². The van der Waals surface area contributed by atoms with Crippen molar-refractivity contribution in [3.8, 4) is 0 Å². The second-order valence-corrected chi connectivity index (χ2v) is 6.27. The van der Waals surface area contributed by atoms with Crippen molar-refractivity contribution in [2.75, 3.05) is 12.5 Å². The van der Waals surface area contributed by atoms with E-state index in [-0.39, 0.29) is 0 Å². The van der Waals surface area contributed by atoms with Gasteiger partial charge in [-0.25, -0.2) is 0 Å². The maximum Gasteiger partial charge on any atom is 0.119 e. The van der Waals surface area contributed by atoms with Crippen LogP contribution in [0.3, 0.4) is 0 Å². The lowest BCUT2D eigenvalue weighted by Gasteiger charge is -2.28. The Balaban J connectivity index is 2.91. The van der Waals surface area contributed by atoms with E-state index in [1.54, 1.807) is 11.4 Å². The van der Waals surface area contributed by atoms with Gasteiger partial charge in [0.05, 0.1) is 0 Å². The molecule has 0 bridgehead atoms. The highest BCUT2D eigenvalue weighted by Crippen LogP contribution is 2.41. The fraction of sp³-hybridized carbons (Fsp3) is 0.857. The summed E-state index contributed by atoms with van der Waals surface area (Å²) in [6, 6.07) is 0. The van der Waals surface area contributed by atoms with Crippen molar-refractivity contribution >= 4 is 23.9 Å². The highest BCUT2D eigenvalue weighted by molar-refractivity contribution is 7.97. The minimum atomic E-state index is 0.494. The topological polar surface area (TPSA) is 6.48 Å². The van der Waals surface area contributed by atoms with Gasteiger partial charge in [-0.2, -0.15) is 0 Å². The van der Waals surface area contributed by atoms with Crippen LogP contribution in [0.2, 0.25) is 0 Å². The number of rotatable bonds is 8. The molecule has 2 nitrogen and oxygen atoms in total. The zero-order chi connectivity index (χ0) is 13.5. The predicted octanol–water partition coefficient (Wildman–Crippen LogP) is 5.10. The Kier molecular flexibility index (Phi) is 7.38. The Bertz CT molecular complexity index is 253. The van der Waals surface area contributed by atoms with Crippen molar-refractivity contribution in [1.82, 2.24) is 8.61 Å². The van der Waals surface area contributed by atoms with Crippen molar-refractivity contribution in [2.24, 2.45) is 0 Å². The lowest BCUT2D eigenvalue weighted by Crippen LogP contribution is -2.29. The third kappa shape index (κ3) is 3.53. The van der Waals surface area contributed by atoms with Crippen LogP contribution in [0.25, 0.3) is 0 Å². The van der Waals surface area contributed by atoms with E-state index in [4.69, 9.17) is 0 Å². The first-order valence-corrected chi connectivity index (χ1v) is 9.46. The van der Waals surface area contributed by atoms with Crippen LogP contribution >= 0.6 is 23.9 Å². The molecule has 0 aromatic heterocycles. The molecule has 0 radical (unpaired) electrons. The monoisotopic (exact) mass is 288 g/mol. The largest absolute Gasteiger partial charge is 0.296 e. The fourth-order valence-electron chi connectivity index (χ4n) is 2.52.